The predicted molar refractivity (Wildman–Crippen MR) is 62.3 cm³/mol. The van der Waals surface area contributed by atoms with E-state index in [2.05, 4.69) is 32.6 Å². The van der Waals surface area contributed by atoms with Crippen LogP contribution in [-0.2, 0) is 0 Å². The van der Waals surface area contributed by atoms with Crippen LogP contribution in [0.4, 0.5) is 0 Å². The Hall–Kier alpha value is -0.0800. The van der Waals surface area contributed by atoms with E-state index in [9.17, 15) is 0 Å². The topological polar surface area (TPSA) is 29.3 Å². The van der Waals surface area contributed by atoms with Gasteiger partial charge in [0.15, 0.2) is 0 Å². The summed E-state index contributed by atoms with van der Waals surface area (Å²) in [5.41, 5.74) is 6.15. The zero-order valence-electron chi connectivity index (χ0n) is 10.2. The van der Waals surface area contributed by atoms with Crippen molar-refractivity contribution in [3.8, 4) is 0 Å². The Morgan fingerprint density at radius 1 is 1.43 bits per heavy atom. The smallest absolute Gasteiger partial charge is 0.0230 e. The summed E-state index contributed by atoms with van der Waals surface area (Å²) in [6.07, 6.45) is 2.61. The third-order valence-electron chi connectivity index (χ3n) is 3.05. The molecule has 0 radical (unpaired) electrons. The summed E-state index contributed by atoms with van der Waals surface area (Å²) in [4.78, 5) is 2.54. The van der Waals surface area contributed by atoms with Crippen molar-refractivity contribution in [2.24, 2.45) is 17.1 Å². The van der Waals surface area contributed by atoms with Gasteiger partial charge in [-0.15, -0.1) is 0 Å². The van der Waals surface area contributed by atoms with E-state index in [1.54, 1.807) is 0 Å². The fourth-order valence-corrected chi connectivity index (χ4v) is 2.51. The van der Waals surface area contributed by atoms with Crippen LogP contribution >= 0.6 is 0 Å². The summed E-state index contributed by atoms with van der Waals surface area (Å²) in [6.45, 7) is 12.6. The number of nitrogens with two attached hydrogens (primary N) is 1. The first-order valence-corrected chi connectivity index (χ1v) is 5.86. The van der Waals surface area contributed by atoms with Crippen LogP contribution in [0.2, 0.25) is 0 Å². The summed E-state index contributed by atoms with van der Waals surface area (Å²) >= 11 is 0. The second kappa shape index (κ2) is 4.63. The molecular formula is C12H26N2. The fourth-order valence-electron chi connectivity index (χ4n) is 2.51. The third kappa shape index (κ3) is 3.58. The zero-order valence-corrected chi connectivity index (χ0v) is 10.2. The van der Waals surface area contributed by atoms with E-state index >= 15 is 0 Å². The van der Waals surface area contributed by atoms with E-state index in [1.165, 1.54) is 25.9 Å². The SMILES string of the molecule is CC(CN1CCC1CN)CC(C)(C)C. The molecule has 0 bridgehead atoms. The molecule has 0 saturated carbocycles. The highest BCUT2D eigenvalue weighted by molar-refractivity contribution is 4.84. The molecule has 14 heavy (non-hydrogen) atoms. The minimum Gasteiger partial charge on any atom is -0.329 e. The van der Waals surface area contributed by atoms with Crippen LogP contribution < -0.4 is 5.73 Å². The summed E-state index contributed by atoms with van der Waals surface area (Å²) in [7, 11) is 0. The van der Waals surface area contributed by atoms with Crippen molar-refractivity contribution < 1.29 is 0 Å². The van der Waals surface area contributed by atoms with Crippen molar-refractivity contribution in [1.82, 2.24) is 4.90 Å². The molecule has 2 atom stereocenters. The van der Waals surface area contributed by atoms with Crippen LogP contribution in [-0.4, -0.2) is 30.6 Å². The predicted octanol–water partition coefficient (Wildman–Crippen LogP) is 2.09. The Balaban J connectivity index is 2.23. The normalized spacial score (nSPS) is 25.9. The Kier molecular flexibility index (Phi) is 3.96. The van der Waals surface area contributed by atoms with Gasteiger partial charge in [0.25, 0.3) is 0 Å². The average Bonchev–Trinajstić information content (AvgIpc) is 1.96. The monoisotopic (exact) mass is 198 g/mol. The maximum absolute atomic E-state index is 5.69. The molecule has 0 aliphatic carbocycles. The van der Waals surface area contributed by atoms with Gasteiger partial charge in [0.2, 0.25) is 0 Å². The molecule has 0 aromatic carbocycles. The Morgan fingerprint density at radius 2 is 2.07 bits per heavy atom. The minimum absolute atomic E-state index is 0.461. The van der Waals surface area contributed by atoms with Gasteiger partial charge in [-0.1, -0.05) is 27.7 Å². The highest BCUT2D eigenvalue weighted by atomic mass is 15.2. The lowest BCUT2D eigenvalue weighted by molar-refractivity contribution is 0.0711. The van der Waals surface area contributed by atoms with Crippen LogP contribution in [0.25, 0.3) is 0 Å². The second-order valence-corrected chi connectivity index (χ2v) is 6.04. The lowest BCUT2D eigenvalue weighted by Crippen LogP contribution is -2.53. The van der Waals surface area contributed by atoms with Gasteiger partial charge in [0, 0.05) is 25.7 Å². The minimum atomic E-state index is 0.461. The first kappa shape index (κ1) is 12.0. The van der Waals surface area contributed by atoms with Gasteiger partial charge < -0.3 is 5.73 Å². The van der Waals surface area contributed by atoms with Crippen LogP contribution in [0.5, 0.6) is 0 Å². The lowest BCUT2D eigenvalue weighted by atomic mass is 9.84. The van der Waals surface area contributed by atoms with Crippen molar-refractivity contribution in [1.29, 1.82) is 0 Å². The molecule has 2 heteroatoms. The van der Waals surface area contributed by atoms with Crippen molar-refractivity contribution >= 4 is 0 Å². The van der Waals surface area contributed by atoms with Gasteiger partial charge >= 0.3 is 0 Å². The lowest BCUT2D eigenvalue weighted by Gasteiger charge is -2.42. The summed E-state index contributed by atoms with van der Waals surface area (Å²) in [6, 6.07) is 0.678. The third-order valence-corrected chi connectivity index (χ3v) is 3.05. The molecule has 84 valence electrons. The number of rotatable bonds is 4. The summed E-state index contributed by atoms with van der Waals surface area (Å²) < 4.78 is 0. The Bertz CT molecular complexity index is 170. The van der Waals surface area contributed by atoms with Crippen molar-refractivity contribution in [2.75, 3.05) is 19.6 Å². The number of hydrogen-bond acceptors (Lipinski definition) is 2. The molecule has 1 aliphatic rings. The fraction of sp³-hybridized carbons (Fsp3) is 1.00. The van der Waals surface area contributed by atoms with Gasteiger partial charge in [-0.25, -0.2) is 0 Å². The van der Waals surface area contributed by atoms with E-state index in [4.69, 9.17) is 5.73 Å². The molecule has 0 aromatic heterocycles. The van der Waals surface area contributed by atoms with Crippen molar-refractivity contribution in [3.05, 3.63) is 0 Å². The van der Waals surface area contributed by atoms with Crippen molar-refractivity contribution in [3.63, 3.8) is 0 Å². The molecule has 2 N–H and O–H groups in total. The van der Waals surface area contributed by atoms with Gasteiger partial charge in [-0.3, -0.25) is 4.90 Å². The molecule has 2 unspecified atom stereocenters. The summed E-state index contributed by atoms with van der Waals surface area (Å²) in [5.74, 6) is 0.796. The summed E-state index contributed by atoms with van der Waals surface area (Å²) in [5, 5.41) is 0. The molecule has 1 aliphatic heterocycles. The zero-order chi connectivity index (χ0) is 10.8. The van der Waals surface area contributed by atoms with Gasteiger partial charge in [0.05, 0.1) is 0 Å². The molecular weight excluding hydrogens is 172 g/mol. The Morgan fingerprint density at radius 3 is 2.43 bits per heavy atom. The van der Waals surface area contributed by atoms with Gasteiger partial charge in [-0.2, -0.15) is 0 Å². The molecule has 0 amide bonds. The average molecular weight is 198 g/mol. The molecule has 0 aromatic rings. The second-order valence-electron chi connectivity index (χ2n) is 6.04. The number of likely N-dealkylation sites (tertiary alicyclic amines) is 1. The van der Waals surface area contributed by atoms with E-state index in [-0.39, 0.29) is 0 Å². The molecule has 1 saturated heterocycles. The van der Waals surface area contributed by atoms with Crippen LogP contribution in [0.15, 0.2) is 0 Å². The first-order chi connectivity index (χ1) is 6.42. The van der Waals surface area contributed by atoms with Crippen LogP contribution in [0.3, 0.4) is 0 Å². The maximum Gasteiger partial charge on any atom is 0.0230 e. The maximum atomic E-state index is 5.69. The number of nitrogens with zero attached hydrogens (tertiary/aromatic N) is 1. The molecule has 0 spiro atoms. The van der Waals surface area contributed by atoms with E-state index in [1.807, 2.05) is 0 Å². The quantitative estimate of drug-likeness (QED) is 0.749. The van der Waals surface area contributed by atoms with E-state index in [0.29, 0.717) is 11.5 Å². The number of hydrogen-bond donors (Lipinski definition) is 1. The van der Waals surface area contributed by atoms with Gasteiger partial charge in [-0.05, 0) is 24.2 Å². The first-order valence-electron chi connectivity index (χ1n) is 5.86. The largest absolute Gasteiger partial charge is 0.329 e. The molecule has 1 fully saturated rings. The van der Waals surface area contributed by atoms with Gasteiger partial charge in [0.1, 0.15) is 0 Å². The molecule has 1 heterocycles. The molecule has 2 nitrogen and oxygen atoms in total. The van der Waals surface area contributed by atoms with E-state index < -0.39 is 0 Å². The standard InChI is InChI=1S/C12H26N2/c1-10(7-12(2,3)4)9-14-6-5-11(14)8-13/h10-11H,5-9,13H2,1-4H3. The highest BCUT2D eigenvalue weighted by Gasteiger charge is 2.28. The van der Waals surface area contributed by atoms with E-state index in [0.717, 1.165) is 12.5 Å². The Labute approximate surface area is 88.8 Å². The van der Waals surface area contributed by atoms with Crippen LogP contribution in [0.1, 0.15) is 40.5 Å². The highest BCUT2D eigenvalue weighted by Crippen LogP contribution is 2.26. The molecule has 1 rings (SSSR count). The van der Waals surface area contributed by atoms with Crippen molar-refractivity contribution in [2.45, 2.75) is 46.6 Å². The van der Waals surface area contributed by atoms with Crippen LogP contribution in [0, 0.1) is 11.3 Å².